The molecule has 0 atom stereocenters. The number of fused-ring (bicyclic) bond motifs is 1. The van der Waals surface area contributed by atoms with E-state index in [2.05, 4.69) is 15.1 Å². The van der Waals surface area contributed by atoms with Gasteiger partial charge in [0.1, 0.15) is 44.1 Å². The van der Waals surface area contributed by atoms with E-state index in [4.69, 9.17) is 9.47 Å². The van der Waals surface area contributed by atoms with E-state index in [9.17, 15) is 26.4 Å². The van der Waals surface area contributed by atoms with Gasteiger partial charge in [0.15, 0.2) is 15.5 Å². The molecule has 1 aliphatic rings. The van der Waals surface area contributed by atoms with Crippen molar-refractivity contribution < 1.29 is 35.9 Å². The number of halogens is 3. The minimum Gasteiger partial charge on any atom is -0.449 e. The van der Waals surface area contributed by atoms with Gasteiger partial charge >= 0.3 is 6.09 Å². The van der Waals surface area contributed by atoms with Crippen molar-refractivity contribution in [2.75, 3.05) is 46.0 Å². The first-order valence-corrected chi connectivity index (χ1v) is 13.3. The smallest absolute Gasteiger partial charge is 0.409 e. The Morgan fingerprint density at radius 2 is 1.73 bits per heavy atom. The minimum atomic E-state index is -3.33. The van der Waals surface area contributed by atoms with Crippen LogP contribution in [0.4, 0.5) is 18.0 Å². The van der Waals surface area contributed by atoms with Crippen LogP contribution in [-0.4, -0.2) is 85.1 Å². The van der Waals surface area contributed by atoms with Crippen molar-refractivity contribution in [2.24, 2.45) is 5.41 Å². The fourth-order valence-corrected chi connectivity index (χ4v) is 4.51. The molecule has 1 aromatic carbocycles. The van der Waals surface area contributed by atoms with Crippen LogP contribution < -0.4 is 4.74 Å². The largest absolute Gasteiger partial charge is 0.449 e. The van der Waals surface area contributed by atoms with Crippen molar-refractivity contribution in [2.45, 2.75) is 23.8 Å². The molecule has 10 nitrogen and oxygen atoms in total. The molecule has 0 N–H and O–H groups in total. The molecule has 0 aliphatic carbocycles. The second kappa shape index (κ2) is 10.9. The van der Waals surface area contributed by atoms with Crippen LogP contribution >= 0.6 is 0 Å². The van der Waals surface area contributed by atoms with Crippen molar-refractivity contribution in [3.8, 4) is 11.6 Å². The average molecular weight is 542 g/mol. The third-order valence-electron chi connectivity index (χ3n) is 6.24. The zero-order chi connectivity index (χ0) is 26.6. The number of likely N-dealkylation sites (tertiary alicyclic amines) is 1. The predicted molar refractivity (Wildman–Crippen MR) is 126 cm³/mol. The molecule has 0 spiro atoms. The molecular weight excluding hydrogens is 515 g/mol. The Morgan fingerprint density at radius 1 is 1.08 bits per heavy atom. The van der Waals surface area contributed by atoms with Crippen LogP contribution in [0.3, 0.4) is 0 Å². The summed E-state index contributed by atoms with van der Waals surface area (Å²) < 4.78 is 74.9. The quantitative estimate of drug-likeness (QED) is 0.403. The topological polar surface area (TPSA) is 117 Å². The van der Waals surface area contributed by atoms with Crippen molar-refractivity contribution in [1.29, 1.82) is 0 Å². The van der Waals surface area contributed by atoms with Gasteiger partial charge in [-0.25, -0.2) is 27.9 Å². The maximum absolute atomic E-state index is 13.0. The number of sulfone groups is 1. The summed E-state index contributed by atoms with van der Waals surface area (Å²) in [5.74, 6) is 0.644. The van der Waals surface area contributed by atoms with Gasteiger partial charge in [-0.05, 0) is 37.1 Å². The van der Waals surface area contributed by atoms with E-state index in [0.717, 1.165) is 6.26 Å². The van der Waals surface area contributed by atoms with Gasteiger partial charge in [0, 0.05) is 19.3 Å². The number of nitrogens with zero attached hydrogens (tertiary/aromatic N) is 5. The third kappa shape index (κ3) is 5.78. The number of hydrogen-bond acceptors (Lipinski definition) is 8. The molecular formula is C23H26F3N5O5S. The number of ether oxygens (including phenoxy) is 2. The van der Waals surface area contributed by atoms with Crippen LogP contribution in [-0.2, 0) is 14.6 Å². The zero-order valence-corrected chi connectivity index (χ0v) is 20.8. The molecule has 4 rings (SSSR count). The van der Waals surface area contributed by atoms with Crippen LogP contribution in [0.25, 0.3) is 11.0 Å². The van der Waals surface area contributed by atoms with Gasteiger partial charge < -0.3 is 14.4 Å². The van der Waals surface area contributed by atoms with Crippen molar-refractivity contribution in [3.05, 3.63) is 36.8 Å². The number of carbonyl (C=O) groups excluding carboxylic acids is 1. The minimum absolute atomic E-state index is 0.0973. The summed E-state index contributed by atoms with van der Waals surface area (Å²) in [4.78, 5) is 22.4. The van der Waals surface area contributed by atoms with Gasteiger partial charge in [-0.2, -0.15) is 5.10 Å². The summed E-state index contributed by atoms with van der Waals surface area (Å²) in [6, 6.07) is 5.85. The van der Waals surface area contributed by atoms with Crippen molar-refractivity contribution in [1.82, 2.24) is 24.6 Å². The number of amides is 1. The lowest BCUT2D eigenvalue weighted by Gasteiger charge is -2.32. The normalized spacial score (nSPS) is 15.2. The summed E-state index contributed by atoms with van der Waals surface area (Å²) in [5, 5.41) is 4.99. The highest BCUT2D eigenvalue weighted by atomic mass is 32.2. The molecule has 3 heterocycles. The number of rotatable bonds is 9. The fraction of sp³-hybridized carbons (Fsp3) is 0.478. The first-order chi connectivity index (χ1) is 17.7. The van der Waals surface area contributed by atoms with E-state index >= 15 is 0 Å². The molecule has 0 bridgehead atoms. The van der Waals surface area contributed by atoms with E-state index in [1.165, 1.54) is 35.5 Å². The first-order valence-electron chi connectivity index (χ1n) is 11.5. The second-order valence-corrected chi connectivity index (χ2v) is 11.0. The highest BCUT2D eigenvalue weighted by Gasteiger charge is 2.34. The van der Waals surface area contributed by atoms with Gasteiger partial charge in [-0.3, -0.25) is 13.2 Å². The van der Waals surface area contributed by atoms with E-state index in [1.54, 1.807) is 10.9 Å². The molecule has 3 aromatic rings. The lowest BCUT2D eigenvalue weighted by Crippen LogP contribution is -2.42. The van der Waals surface area contributed by atoms with Gasteiger partial charge in [-0.1, -0.05) is 0 Å². The van der Waals surface area contributed by atoms with Crippen LogP contribution in [0.5, 0.6) is 11.6 Å². The summed E-state index contributed by atoms with van der Waals surface area (Å²) in [5.41, 5.74) is -1.42. The van der Waals surface area contributed by atoms with E-state index in [0.29, 0.717) is 42.7 Å². The van der Waals surface area contributed by atoms with Gasteiger partial charge in [0.2, 0.25) is 5.88 Å². The van der Waals surface area contributed by atoms with Crippen LogP contribution in [0.15, 0.2) is 41.7 Å². The highest BCUT2D eigenvalue weighted by molar-refractivity contribution is 7.90. The fourth-order valence-electron chi connectivity index (χ4n) is 3.88. The molecule has 0 unspecified atom stereocenters. The SMILES string of the molecule is CS(=O)(=O)c1ccc(Oc2ncnc3c2cnn3C2CCN(C(=O)OCC(CF)(CF)CF)CC2)cc1. The molecule has 1 fully saturated rings. The van der Waals surface area contributed by atoms with Crippen LogP contribution in [0.1, 0.15) is 18.9 Å². The Morgan fingerprint density at radius 3 is 2.32 bits per heavy atom. The van der Waals surface area contributed by atoms with E-state index in [-0.39, 0.29) is 16.8 Å². The zero-order valence-electron chi connectivity index (χ0n) is 20.0. The Bertz CT molecular complexity index is 1330. The maximum atomic E-state index is 13.0. The number of alkyl halides is 3. The highest BCUT2D eigenvalue weighted by Crippen LogP contribution is 2.31. The summed E-state index contributed by atoms with van der Waals surface area (Å²) in [7, 11) is -3.33. The number of aromatic nitrogens is 4. The van der Waals surface area contributed by atoms with Crippen LogP contribution in [0.2, 0.25) is 0 Å². The molecule has 14 heteroatoms. The molecule has 1 amide bonds. The molecule has 1 aliphatic heterocycles. The molecule has 0 saturated carbocycles. The predicted octanol–water partition coefficient (Wildman–Crippen LogP) is 3.69. The first kappa shape index (κ1) is 26.6. The number of piperidine rings is 1. The van der Waals surface area contributed by atoms with Gasteiger partial charge in [-0.15, -0.1) is 0 Å². The average Bonchev–Trinajstić information content (AvgIpc) is 3.35. The van der Waals surface area contributed by atoms with Crippen LogP contribution in [0, 0.1) is 5.41 Å². The molecule has 200 valence electrons. The summed E-state index contributed by atoms with van der Waals surface area (Å²) in [6.07, 6.45) is 4.30. The summed E-state index contributed by atoms with van der Waals surface area (Å²) in [6.45, 7) is -3.85. The molecule has 1 saturated heterocycles. The lowest BCUT2D eigenvalue weighted by atomic mass is 9.95. The van der Waals surface area contributed by atoms with E-state index in [1.807, 2.05) is 0 Å². The molecule has 2 aromatic heterocycles. The van der Waals surface area contributed by atoms with Gasteiger partial charge in [0.25, 0.3) is 0 Å². The maximum Gasteiger partial charge on any atom is 0.409 e. The monoisotopic (exact) mass is 541 g/mol. The van der Waals surface area contributed by atoms with E-state index < -0.39 is 48.0 Å². The Balaban J connectivity index is 1.41. The second-order valence-electron chi connectivity index (χ2n) is 9.02. The number of hydrogen-bond donors (Lipinski definition) is 0. The third-order valence-corrected chi connectivity index (χ3v) is 7.37. The number of benzene rings is 1. The lowest BCUT2D eigenvalue weighted by molar-refractivity contribution is 0.0110. The van der Waals surface area contributed by atoms with Crippen molar-refractivity contribution >= 4 is 27.0 Å². The van der Waals surface area contributed by atoms with Crippen molar-refractivity contribution in [3.63, 3.8) is 0 Å². The Kier molecular flexibility index (Phi) is 7.85. The molecule has 0 radical (unpaired) electrons. The standard InChI is InChI=1S/C23H26F3N5O5S/c1-37(33,34)18-4-2-17(3-5-18)36-21-19-10-29-31(20(19)27-15-28-21)16-6-8-30(9-7-16)22(32)35-14-23(11-24,12-25)13-26/h2-5,10,15-16H,6-9,11-14H2,1H3. The summed E-state index contributed by atoms with van der Waals surface area (Å²) >= 11 is 0. The number of carbonyl (C=O) groups is 1. The Hall–Kier alpha value is -3.42. The molecule has 37 heavy (non-hydrogen) atoms. The Labute approximate surface area is 211 Å². The van der Waals surface area contributed by atoms with Gasteiger partial charge in [0.05, 0.1) is 22.5 Å².